The van der Waals surface area contributed by atoms with Crippen LogP contribution in [0.15, 0.2) is 73.3 Å². The first kappa shape index (κ1) is 22.6. The third-order valence-corrected chi connectivity index (χ3v) is 6.29. The Morgan fingerprint density at radius 2 is 1.76 bits per heavy atom. The number of benzene rings is 1. The summed E-state index contributed by atoms with van der Waals surface area (Å²) in [7, 11) is 0. The lowest BCUT2D eigenvalue weighted by Crippen LogP contribution is -2.54. The molecule has 1 aliphatic rings. The smallest absolute Gasteiger partial charge is 0.228 e. The monoisotopic (exact) mass is 442 g/mol. The zero-order chi connectivity index (χ0) is 23.1. The molecule has 1 aromatic carbocycles. The van der Waals surface area contributed by atoms with Crippen LogP contribution in [-0.4, -0.2) is 46.3 Å². The van der Waals surface area contributed by atoms with Gasteiger partial charge in [-0.3, -0.25) is 19.6 Å². The number of rotatable bonds is 7. The van der Waals surface area contributed by atoms with E-state index in [1.165, 1.54) is 0 Å². The highest BCUT2D eigenvalue weighted by molar-refractivity contribution is 5.85. The van der Waals surface area contributed by atoms with E-state index in [0.29, 0.717) is 32.5 Å². The molecule has 1 aliphatic heterocycles. The van der Waals surface area contributed by atoms with Gasteiger partial charge in [0.05, 0.1) is 11.8 Å². The summed E-state index contributed by atoms with van der Waals surface area (Å²) < 4.78 is 0. The number of pyridine rings is 2. The Kier molecular flexibility index (Phi) is 7.13. The zero-order valence-electron chi connectivity index (χ0n) is 19.0. The first-order valence-electron chi connectivity index (χ1n) is 11.5. The maximum atomic E-state index is 13.3. The highest BCUT2D eigenvalue weighted by Crippen LogP contribution is 2.35. The average Bonchev–Trinajstić information content (AvgIpc) is 2.85. The molecule has 1 atom stereocenters. The largest absolute Gasteiger partial charge is 0.356 e. The summed E-state index contributed by atoms with van der Waals surface area (Å²) in [5, 5.41) is 3.03. The lowest BCUT2D eigenvalue weighted by atomic mass is 9.74. The van der Waals surface area contributed by atoms with Crippen LogP contribution in [0.25, 0.3) is 11.1 Å². The summed E-state index contributed by atoms with van der Waals surface area (Å²) >= 11 is 0. The number of hydrogen-bond acceptors (Lipinski definition) is 4. The van der Waals surface area contributed by atoms with Crippen LogP contribution >= 0.6 is 0 Å². The van der Waals surface area contributed by atoms with Crippen molar-refractivity contribution in [1.82, 2.24) is 20.2 Å². The number of hydrogen-bond donors (Lipinski definition) is 1. The number of piperidine rings is 1. The Balaban J connectivity index is 1.57. The summed E-state index contributed by atoms with van der Waals surface area (Å²) in [4.78, 5) is 36.6. The molecule has 2 aromatic heterocycles. The SMILES string of the molecule is CCNC(=O)[C@]1(Cc2cccc(-c3cccnc3)c2)CCCN(C(=O)Cc2cccnc2)C1. The van der Waals surface area contributed by atoms with Gasteiger partial charge < -0.3 is 10.2 Å². The normalized spacial score (nSPS) is 18.0. The number of nitrogens with zero attached hydrogens (tertiary/aromatic N) is 3. The number of carbonyl (C=O) groups is 2. The van der Waals surface area contributed by atoms with Crippen LogP contribution in [0.4, 0.5) is 0 Å². The summed E-state index contributed by atoms with van der Waals surface area (Å²) in [6.07, 6.45) is 9.48. The molecule has 0 saturated carbocycles. The molecule has 170 valence electrons. The molecule has 3 aromatic rings. The van der Waals surface area contributed by atoms with E-state index in [4.69, 9.17) is 0 Å². The van der Waals surface area contributed by atoms with Crippen molar-refractivity contribution in [2.75, 3.05) is 19.6 Å². The van der Waals surface area contributed by atoms with Crippen molar-refractivity contribution in [3.8, 4) is 11.1 Å². The van der Waals surface area contributed by atoms with Crippen LogP contribution in [0.5, 0.6) is 0 Å². The number of carbonyl (C=O) groups excluding carboxylic acids is 2. The maximum absolute atomic E-state index is 13.3. The van der Waals surface area contributed by atoms with E-state index < -0.39 is 5.41 Å². The fourth-order valence-electron chi connectivity index (χ4n) is 4.68. The molecule has 3 heterocycles. The number of likely N-dealkylation sites (tertiary alicyclic amines) is 1. The van der Waals surface area contributed by atoms with Crippen LogP contribution in [-0.2, 0) is 22.4 Å². The van der Waals surface area contributed by atoms with Gasteiger partial charge in [-0.05, 0) is 60.6 Å². The van der Waals surface area contributed by atoms with Gasteiger partial charge in [0, 0.05) is 44.4 Å². The molecule has 0 spiro atoms. The first-order chi connectivity index (χ1) is 16.1. The van der Waals surface area contributed by atoms with E-state index in [-0.39, 0.29) is 11.8 Å². The average molecular weight is 443 g/mol. The Morgan fingerprint density at radius 3 is 2.48 bits per heavy atom. The second kappa shape index (κ2) is 10.4. The second-order valence-corrected chi connectivity index (χ2v) is 8.72. The Morgan fingerprint density at radius 1 is 1.00 bits per heavy atom. The minimum absolute atomic E-state index is 0.0238. The van der Waals surface area contributed by atoms with Gasteiger partial charge >= 0.3 is 0 Å². The summed E-state index contributed by atoms with van der Waals surface area (Å²) in [6.45, 7) is 3.60. The van der Waals surface area contributed by atoms with Crippen molar-refractivity contribution in [1.29, 1.82) is 0 Å². The topological polar surface area (TPSA) is 75.2 Å². The van der Waals surface area contributed by atoms with Crippen molar-refractivity contribution in [2.45, 2.75) is 32.6 Å². The molecular formula is C27H30N4O2. The molecule has 0 unspecified atom stereocenters. The predicted molar refractivity (Wildman–Crippen MR) is 128 cm³/mol. The van der Waals surface area contributed by atoms with Gasteiger partial charge in [-0.1, -0.05) is 36.4 Å². The van der Waals surface area contributed by atoms with Crippen molar-refractivity contribution < 1.29 is 9.59 Å². The molecule has 0 radical (unpaired) electrons. The van der Waals surface area contributed by atoms with Crippen LogP contribution in [0, 0.1) is 5.41 Å². The van der Waals surface area contributed by atoms with Gasteiger partial charge in [0.1, 0.15) is 0 Å². The molecule has 33 heavy (non-hydrogen) atoms. The highest BCUT2D eigenvalue weighted by atomic mass is 16.2. The molecule has 0 bridgehead atoms. The minimum Gasteiger partial charge on any atom is -0.356 e. The van der Waals surface area contributed by atoms with Crippen molar-refractivity contribution in [3.63, 3.8) is 0 Å². The van der Waals surface area contributed by atoms with Crippen LogP contribution in [0.2, 0.25) is 0 Å². The van der Waals surface area contributed by atoms with Gasteiger partial charge in [-0.15, -0.1) is 0 Å². The first-order valence-corrected chi connectivity index (χ1v) is 11.5. The van der Waals surface area contributed by atoms with E-state index in [2.05, 4.69) is 33.5 Å². The third-order valence-electron chi connectivity index (χ3n) is 6.29. The van der Waals surface area contributed by atoms with Crippen molar-refractivity contribution in [3.05, 3.63) is 84.4 Å². The van der Waals surface area contributed by atoms with Crippen LogP contribution in [0.3, 0.4) is 0 Å². The Hall–Kier alpha value is -3.54. The van der Waals surface area contributed by atoms with E-state index in [1.54, 1.807) is 18.6 Å². The van der Waals surface area contributed by atoms with Gasteiger partial charge in [0.2, 0.25) is 11.8 Å². The Bertz CT molecular complexity index is 1090. The summed E-state index contributed by atoms with van der Waals surface area (Å²) in [5.41, 5.74) is 3.45. The third kappa shape index (κ3) is 5.45. The van der Waals surface area contributed by atoms with E-state index in [0.717, 1.165) is 35.1 Å². The molecule has 2 amide bonds. The maximum Gasteiger partial charge on any atom is 0.228 e. The van der Waals surface area contributed by atoms with Crippen LogP contribution in [0.1, 0.15) is 30.9 Å². The van der Waals surface area contributed by atoms with E-state index in [1.807, 2.05) is 48.4 Å². The van der Waals surface area contributed by atoms with Gasteiger partial charge in [0.25, 0.3) is 0 Å². The Labute approximate surface area is 195 Å². The standard InChI is InChI=1S/C27H30N4O2/c1-2-30-26(33)27(17-21-7-3-9-23(15-21)24-10-5-13-29-19-24)11-6-14-31(20-27)25(32)16-22-8-4-12-28-18-22/h3-5,7-10,12-13,15,18-19H,2,6,11,14,16-17,20H2,1H3,(H,30,33)/t27-/m0/s1. The van der Waals surface area contributed by atoms with E-state index >= 15 is 0 Å². The molecule has 0 aliphatic carbocycles. The molecule has 6 nitrogen and oxygen atoms in total. The molecule has 4 rings (SSSR count). The fourth-order valence-corrected chi connectivity index (χ4v) is 4.68. The number of amides is 2. The highest BCUT2D eigenvalue weighted by Gasteiger charge is 2.43. The summed E-state index contributed by atoms with van der Waals surface area (Å²) in [6, 6.07) is 16.0. The van der Waals surface area contributed by atoms with E-state index in [9.17, 15) is 9.59 Å². The molecular weight excluding hydrogens is 412 g/mol. The summed E-state index contributed by atoms with van der Waals surface area (Å²) in [5.74, 6) is 0.0659. The molecule has 1 fully saturated rings. The lowest BCUT2D eigenvalue weighted by molar-refractivity contribution is -0.141. The molecule has 1 N–H and O–H groups in total. The predicted octanol–water partition coefficient (Wildman–Crippen LogP) is 3.67. The minimum atomic E-state index is -0.646. The van der Waals surface area contributed by atoms with Gasteiger partial charge in [-0.2, -0.15) is 0 Å². The quantitative estimate of drug-likeness (QED) is 0.606. The van der Waals surface area contributed by atoms with Crippen molar-refractivity contribution >= 4 is 11.8 Å². The van der Waals surface area contributed by atoms with Crippen LogP contribution < -0.4 is 5.32 Å². The zero-order valence-corrected chi connectivity index (χ0v) is 19.0. The number of aromatic nitrogens is 2. The van der Waals surface area contributed by atoms with Gasteiger partial charge in [-0.25, -0.2) is 0 Å². The lowest BCUT2D eigenvalue weighted by Gasteiger charge is -2.42. The van der Waals surface area contributed by atoms with Crippen molar-refractivity contribution in [2.24, 2.45) is 5.41 Å². The number of nitrogens with one attached hydrogen (secondary N) is 1. The molecule has 1 saturated heterocycles. The molecule has 6 heteroatoms. The second-order valence-electron chi connectivity index (χ2n) is 8.72. The fraction of sp³-hybridized carbons (Fsp3) is 0.333. The van der Waals surface area contributed by atoms with Gasteiger partial charge in [0.15, 0.2) is 0 Å².